The molecule has 0 bridgehead atoms. The highest BCUT2D eigenvalue weighted by Gasteiger charge is 2.32. The lowest BCUT2D eigenvalue weighted by atomic mass is 10.2. The molecule has 3 rings (SSSR count). The third kappa shape index (κ3) is 2.93. The number of aliphatic carboxylic acids is 1. The number of aromatic nitrogens is 2. The third-order valence-corrected chi connectivity index (χ3v) is 3.77. The SMILES string of the molecule is O=C(O)C1COCCN1C(=O)Cn1cnc2ccccc2c1=O. The number of carbonyl (C=O) groups excluding carboxylic acids is 1. The molecule has 120 valence electrons. The van der Waals surface area contributed by atoms with Crippen LogP contribution in [0.2, 0.25) is 0 Å². The summed E-state index contributed by atoms with van der Waals surface area (Å²) in [5.74, 6) is -1.57. The number of morpholine rings is 1. The number of para-hydroxylation sites is 1. The van der Waals surface area contributed by atoms with Gasteiger partial charge in [0, 0.05) is 6.54 Å². The Labute approximate surface area is 130 Å². The molecule has 1 saturated heterocycles. The van der Waals surface area contributed by atoms with E-state index in [0.717, 1.165) is 0 Å². The highest BCUT2D eigenvalue weighted by molar-refractivity contribution is 5.84. The average Bonchev–Trinajstić information content (AvgIpc) is 2.57. The lowest BCUT2D eigenvalue weighted by Gasteiger charge is -2.32. The molecular weight excluding hydrogens is 302 g/mol. The maximum absolute atomic E-state index is 12.4. The zero-order chi connectivity index (χ0) is 16.4. The van der Waals surface area contributed by atoms with Gasteiger partial charge in [0.15, 0.2) is 6.04 Å². The van der Waals surface area contributed by atoms with E-state index in [-0.39, 0.29) is 31.9 Å². The van der Waals surface area contributed by atoms with Crippen LogP contribution < -0.4 is 5.56 Å². The topological polar surface area (TPSA) is 102 Å². The van der Waals surface area contributed by atoms with Gasteiger partial charge in [0.2, 0.25) is 5.91 Å². The van der Waals surface area contributed by atoms with Gasteiger partial charge in [-0.2, -0.15) is 0 Å². The Hall–Kier alpha value is -2.74. The first-order valence-corrected chi connectivity index (χ1v) is 7.12. The number of amides is 1. The van der Waals surface area contributed by atoms with Gasteiger partial charge in [-0.15, -0.1) is 0 Å². The molecule has 8 heteroatoms. The Morgan fingerprint density at radius 3 is 2.91 bits per heavy atom. The predicted octanol–water partition coefficient (Wildman–Crippen LogP) is -0.292. The Kier molecular flexibility index (Phi) is 4.07. The van der Waals surface area contributed by atoms with Crippen LogP contribution in [0.15, 0.2) is 35.4 Å². The summed E-state index contributed by atoms with van der Waals surface area (Å²) in [6, 6.07) is 5.82. The van der Waals surface area contributed by atoms with Crippen LogP contribution in [0.5, 0.6) is 0 Å². The molecule has 1 unspecified atom stereocenters. The molecule has 0 saturated carbocycles. The van der Waals surface area contributed by atoms with E-state index in [1.807, 2.05) is 0 Å². The number of carboxylic acids is 1. The maximum Gasteiger partial charge on any atom is 0.328 e. The third-order valence-electron chi connectivity index (χ3n) is 3.77. The first-order chi connectivity index (χ1) is 11.1. The second-order valence-electron chi connectivity index (χ2n) is 5.21. The predicted molar refractivity (Wildman–Crippen MR) is 80.0 cm³/mol. The van der Waals surface area contributed by atoms with Gasteiger partial charge in [0.25, 0.3) is 5.56 Å². The molecule has 1 aliphatic heterocycles. The first-order valence-electron chi connectivity index (χ1n) is 7.12. The number of hydrogen-bond acceptors (Lipinski definition) is 5. The van der Waals surface area contributed by atoms with Crippen molar-refractivity contribution in [3.63, 3.8) is 0 Å². The molecule has 1 N–H and O–H groups in total. The molecule has 0 aliphatic carbocycles. The van der Waals surface area contributed by atoms with E-state index in [2.05, 4.69) is 4.98 Å². The van der Waals surface area contributed by atoms with E-state index in [4.69, 9.17) is 9.84 Å². The molecule has 1 aliphatic rings. The van der Waals surface area contributed by atoms with Crippen molar-refractivity contribution in [3.05, 3.63) is 40.9 Å². The van der Waals surface area contributed by atoms with Gasteiger partial charge in [-0.25, -0.2) is 9.78 Å². The van der Waals surface area contributed by atoms with E-state index in [1.54, 1.807) is 24.3 Å². The summed E-state index contributed by atoms with van der Waals surface area (Å²) >= 11 is 0. The minimum Gasteiger partial charge on any atom is -0.480 e. The fourth-order valence-electron chi connectivity index (χ4n) is 2.56. The van der Waals surface area contributed by atoms with Crippen LogP contribution >= 0.6 is 0 Å². The van der Waals surface area contributed by atoms with Gasteiger partial charge in [-0.05, 0) is 12.1 Å². The second kappa shape index (κ2) is 6.17. The molecule has 2 aromatic rings. The number of fused-ring (bicyclic) bond motifs is 1. The van der Waals surface area contributed by atoms with Crippen molar-refractivity contribution in [3.8, 4) is 0 Å². The van der Waals surface area contributed by atoms with Crippen LogP contribution in [-0.2, 0) is 20.9 Å². The van der Waals surface area contributed by atoms with Gasteiger partial charge >= 0.3 is 5.97 Å². The Balaban J connectivity index is 1.86. The minimum absolute atomic E-state index is 0.0497. The summed E-state index contributed by atoms with van der Waals surface area (Å²) in [5, 5.41) is 9.58. The number of nitrogens with zero attached hydrogens (tertiary/aromatic N) is 3. The van der Waals surface area contributed by atoms with Gasteiger partial charge in [0.1, 0.15) is 6.54 Å². The van der Waals surface area contributed by atoms with Crippen LogP contribution in [-0.4, -0.2) is 57.2 Å². The number of rotatable bonds is 3. The number of carboxylic acid groups (broad SMARTS) is 1. The first kappa shape index (κ1) is 15.2. The number of hydrogen-bond donors (Lipinski definition) is 1. The van der Waals surface area contributed by atoms with E-state index in [0.29, 0.717) is 10.9 Å². The quantitative estimate of drug-likeness (QED) is 0.834. The highest BCUT2D eigenvalue weighted by atomic mass is 16.5. The Bertz CT molecular complexity index is 816. The van der Waals surface area contributed by atoms with Crippen LogP contribution in [0.4, 0.5) is 0 Å². The van der Waals surface area contributed by atoms with Crippen molar-refractivity contribution >= 4 is 22.8 Å². The molecule has 1 aromatic carbocycles. The summed E-state index contributed by atoms with van der Waals surface area (Å²) < 4.78 is 6.29. The van der Waals surface area contributed by atoms with Crippen molar-refractivity contribution in [2.75, 3.05) is 19.8 Å². The normalized spacial score (nSPS) is 18.1. The van der Waals surface area contributed by atoms with E-state index in [9.17, 15) is 14.4 Å². The van der Waals surface area contributed by atoms with E-state index in [1.165, 1.54) is 15.8 Å². The number of benzene rings is 1. The van der Waals surface area contributed by atoms with Crippen molar-refractivity contribution in [2.45, 2.75) is 12.6 Å². The summed E-state index contributed by atoms with van der Waals surface area (Å²) in [5.41, 5.74) is 0.222. The zero-order valence-corrected chi connectivity index (χ0v) is 12.2. The molecule has 0 spiro atoms. The fraction of sp³-hybridized carbons (Fsp3) is 0.333. The summed E-state index contributed by atoms with van der Waals surface area (Å²) in [4.78, 5) is 41.3. The number of ether oxygens (including phenoxy) is 1. The molecular formula is C15H15N3O5. The molecule has 8 nitrogen and oxygen atoms in total. The fourth-order valence-corrected chi connectivity index (χ4v) is 2.56. The van der Waals surface area contributed by atoms with Gasteiger partial charge < -0.3 is 14.7 Å². The van der Waals surface area contributed by atoms with Crippen LogP contribution in [0, 0.1) is 0 Å². The van der Waals surface area contributed by atoms with Crippen molar-refractivity contribution in [1.29, 1.82) is 0 Å². The lowest BCUT2D eigenvalue weighted by molar-refractivity contribution is -0.158. The monoisotopic (exact) mass is 317 g/mol. The largest absolute Gasteiger partial charge is 0.480 e. The lowest BCUT2D eigenvalue weighted by Crippen LogP contribution is -2.53. The van der Waals surface area contributed by atoms with Crippen LogP contribution in [0.3, 0.4) is 0 Å². The van der Waals surface area contributed by atoms with Gasteiger partial charge in [-0.1, -0.05) is 12.1 Å². The van der Waals surface area contributed by atoms with E-state index < -0.39 is 17.9 Å². The van der Waals surface area contributed by atoms with Crippen molar-refractivity contribution in [1.82, 2.24) is 14.5 Å². The second-order valence-corrected chi connectivity index (χ2v) is 5.21. The van der Waals surface area contributed by atoms with Crippen LogP contribution in [0.25, 0.3) is 10.9 Å². The maximum atomic E-state index is 12.4. The molecule has 23 heavy (non-hydrogen) atoms. The summed E-state index contributed by atoms with van der Waals surface area (Å²) in [6.07, 6.45) is 1.30. The Morgan fingerprint density at radius 1 is 1.35 bits per heavy atom. The standard InChI is InChI=1S/C15H15N3O5/c19-13(18-5-6-23-8-12(18)15(21)22)7-17-9-16-11-4-2-1-3-10(11)14(17)20/h1-4,9,12H,5-8H2,(H,21,22). The van der Waals surface area contributed by atoms with E-state index >= 15 is 0 Å². The zero-order valence-electron chi connectivity index (χ0n) is 12.2. The summed E-state index contributed by atoms with van der Waals surface area (Å²) in [7, 11) is 0. The van der Waals surface area contributed by atoms with Crippen molar-refractivity contribution < 1.29 is 19.4 Å². The molecule has 2 heterocycles. The van der Waals surface area contributed by atoms with Gasteiger partial charge in [-0.3, -0.25) is 14.2 Å². The minimum atomic E-state index is -1.12. The summed E-state index contributed by atoms with van der Waals surface area (Å²) in [6.45, 7) is 0.165. The molecule has 1 atom stereocenters. The van der Waals surface area contributed by atoms with Gasteiger partial charge in [0.05, 0.1) is 30.4 Å². The molecule has 0 radical (unpaired) electrons. The van der Waals surface area contributed by atoms with Crippen LogP contribution in [0.1, 0.15) is 0 Å². The van der Waals surface area contributed by atoms with Crippen molar-refractivity contribution in [2.24, 2.45) is 0 Å². The number of carbonyl (C=O) groups is 2. The smallest absolute Gasteiger partial charge is 0.328 e. The highest BCUT2D eigenvalue weighted by Crippen LogP contribution is 2.09. The Morgan fingerprint density at radius 2 is 2.13 bits per heavy atom. The average molecular weight is 317 g/mol. The molecule has 1 amide bonds. The molecule has 1 fully saturated rings. The molecule has 1 aromatic heterocycles.